The molecule has 23 heavy (non-hydrogen) atoms. The fourth-order valence-corrected chi connectivity index (χ4v) is 3.06. The maximum Gasteiger partial charge on any atom is 0.103 e. The molecular weight excluding hydrogens is 288 g/mol. The molecule has 1 heterocycles. The molecule has 0 atom stereocenters. The first kappa shape index (κ1) is 15.6. The van der Waals surface area contributed by atoms with Crippen molar-refractivity contribution >= 4 is 11.7 Å². The molecule has 4 heteroatoms. The molecule has 1 N–H and O–H groups in total. The predicted molar refractivity (Wildman–Crippen MR) is 88.6 cm³/mol. The van der Waals surface area contributed by atoms with Gasteiger partial charge in [0, 0.05) is 11.3 Å². The first-order valence-corrected chi connectivity index (χ1v) is 8.07. The zero-order chi connectivity index (χ0) is 16.2. The number of piperazine rings is 1. The lowest BCUT2D eigenvalue weighted by Gasteiger charge is -2.33. The second kappa shape index (κ2) is 6.84. The van der Waals surface area contributed by atoms with Gasteiger partial charge in [0.25, 0.3) is 0 Å². The molecule has 0 saturated carbocycles. The number of quaternary nitrogens is 1. The Labute approximate surface area is 137 Å². The van der Waals surface area contributed by atoms with E-state index < -0.39 is 5.97 Å². The van der Waals surface area contributed by atoms with Gasteiger partial charge in [0.15, 0.2) is 0 Å². The molecule has 0 amide bonds. The van der Waals surface area contributed by atoms with E-state index in [0.29, 0.717) is 0 Å². The number of carbonyl (C=O) groups is 1. The molecule has 1 saturated heterocycles. The standard InChI is InChI=1S/C19H22N2O2/c1-15-2-4-16(5-3-15)14-20-10-12-21(13-11-20)18-8-6-17(7-9-18)19(22)23/h2-9H,10-14H2,1H3,(H,22,23). The van der Waals surface area contributed by atoms with Crippen LogP contribution in [0.5, 0.6) is 0 Å². The van der Waals surface area contributed by atoms with E-state index in [-0.39, 0.29) is 5.56 Å². The molecule has 2 aromatic rings. The van der Waals surface area contributed by atoms with E-state index in [0.717, 1.165) is 38.4 Å². The summed E-state index contributed by atoms with van der Waals surface area (Å²) in [7, 11) is 0. The van der Waals surface area contributed by atoms with E-state index in [1.54, 1.807) is 17.0 Å². The van der Waals surface area contributed by atoms with E-state index in [4.69, 9.17) is 0 Å². The Morgan fingerprint density at radius 2 is 1.65 bits per heavy atom. The minimum atomic E-state index is -1.12. The molecule has 1 aliphatic heterocycles. The van der Waals surface area contributed by atoms with Crippen molar-refractivity contribution in [2.75, 3.05) is 31.1 Å². The summed E-state index contributed by atoms with van der Waals surface area (Å²) in [5.41, 5.74) is 4.01. The second-order valence-corrected chi connectivity index (χ2v) is 6.23. The Morgan fingerprint density at radius 1 is 1.04 bits per heavy atom. The van der Waals surface area contributed by atoms with E-state index in [9.17, 15) is 9.90 Å². The van der Waals surface area contributed by atoms with Crippen molar-refractivity contribution in [3.05, 3.63) is 65.2 Å². The van der Waals surface area contributed by atoms with Crippen LogP contribution < -0.4 is 14.9 Å². The summed E-state index contributed by atoms with van der Waals surface area (Å²) in [5, 5.41) is 10.8. The van der Waals surface area contributed by atoms with Gasteiger partial charge < -0.3 is 19.7 Å². The monoisotopic (exact) mass is 310 g/mol. The molecule has 0 spiro atoms. The third-order valence-corrected chi connectivity index (χ3v) is 4.51. The molecular formula is C19H22N2O2. The SMILES string of the molecule is Cc1ccc(C[NH+]2CCN(c3ccc(C(=O)[O-])cc3)CC2)cc1. The Hall–Kier alpha value is -2.33. The number of aromatic carboxylic acids is 1. The van der Waals surface area contributed by atoms with Crippen LogP contribution in [0.3, 0.4) is 0 Å². The van der Waals surface area contributed by atoms with Gasteiger partial charge in [0.1, 0.15) is 6.54 Å². The number of rotatable bonds is 4. The molecule has 3 rings (SSSR count). The summed E-state index contributed by atoms with van der Waals surface area (Å²) >= 11 is 0. The van der Waals surface area contributed by atoms with Crippen LogP contribution in [-0.2, 0) is 6.54 Å². The fraction of sp³-hybridized carbons (Fsp3) is 0.316. The summed E-state index contributed by atoms with van der Waals surface area (Å²) in [6.07, 6.45) is 0. The zero-order valence-electron chi connectivity index (χ0n) is 13.4. The van der Waals surface area contributed by atoms with E-state index >= 15 is 0 Å². The lowest BCUT2D eigenvalue weighted by molar-refractivity contribution is -0.914. The van der Waals surface area contributed by atoms with Gasteiger partial charge in [-0.25, -0.2) is 0 Å². The number of aryl methyl sites for hydroxylation is 1. The van der Waals surface area contributed by atoms with Gasteiger partial charge in [-0.2, -0.15) is 0 Å². The first-order chi connectivity index (χ1) is 11.1. The fourth-order valence-electron chi connectivity index (χ4n) is 3.06. The van der Waals surface area contributed by atoms with Crippen molar-refractivity contribution in [2.24, 2.45) is 0 Å². The minimum Gasteiger partial charge on any atom is -0.545 e. The summed E-state index contributed by atoms with van der Waals surface area (Å²) < 4.78 is 0. The number of hydrogen-bond acceptors (Lipinski definition) is 3. The summed E-state index contributed by atoms with van der Waals surface area (Å²) in [6, 6.07) is 15.8. The van der Waals surface area contributed by atoms with Gasteiger partial charge in [-0.1, -0.05) is 42.0 Å². The van der Waals surface area contributed by atoms with Crippen molar-refractivity contribution in [1.29, 1.82) is 0 Å². The lowest BCUT2D eigenvalue weighted by Crippen LogP contribution is -3.13. The van der Waals surface area contributed by atoms with Gasteiger partial charge in [-0.05, 0) is 24.6 Å². The number of nitrogens with zero attached hydrogens (tertiary/aromatic N) is 1. The molecule has 0 bridgehead atoms. The maximum absolute atomic E-state index is 10.8. The molecule has 0 radical (unpaired) electrons. The smallest absolute Gasteiger partial charge is 0.103 e. The second-order valence-electron chi connectivity index (χ2n) is 6.23. The summed E-state index contributed by atoms with van der Waals surface area (Å²) in [5.74, 6) is -1.12. The number of benzene rings is 2. The molecule has 1 aliphatic rings. The summed E-state index contributed by atoms with van der Waals surface area (Å²) in [6.45, 7) is 7.35. The molecule has 120 valence electrons. The maximum atomic E-state index is 10.8. The molecule has 1 fully saturated rings. The minimum absolute atomic E-state index is 0.234. The Morgan fingerprint density at radius 3 is 2.22 bits per heavy atom. The van der Waals surface area contributed by atoms with Crippen molar-refractivity contribution < 1.29 is 14.8 Å². The van der Waals surface area contributed by atoms with Gasteiger partial charge in [0.2, 0.25) is 0 Å². The number of anilines is 1. The lowest BCUT2D eigenvalue weighted by atomic mass is 10.1. The van der Waals surface area contributed by atoms with E-state index in [1.807, 2.05) is 12.1 Å². The largest absolute Gasteiger partial charge is 0.545 e. The third kappa shape index (κ3) is 3.90. The van der Waals surface area contributed by atoms with Crippen LogP contribution in [0, 0.1) is 6.92 Å². The van der Waals surface area contributed by atoms with Crippen LogP contribution >= 0.6 is 0 Å². The molecule has 0 unspecified atom stereocenters. The molecule has 2 aromatic carbocycles. The van der Waals surface area contributed by atoms with Crippen molar-refractivity contribution in [2.45, 2.75) is 13.5 Å². The predicted octanol–water partition coefficient (Wildman–Crippen LogP) is 0.264. The highest BCUT2D eigenvalue weighted by Gasteiger charge is 2.20. The van der Waals surface area contributed by atoms with Gasteiger partial charge in [-0.3, -0.25) is 0 Å². The van der Waals surface area contributed by atoms with Crippen molar-refractivity contribution in [3.8, 4) is 0 Å². The van der Waals surface area contributed by atoms with E-state index in [2.05, 4.69) is 36.1 Å². The summed E-state index contributed by atoms with van der Waals surface area (Å²) in [4.78, 5) is 14.7. The van der Waals surface area contributed by atoms with Crippen LogP contribution in [0.1, 0.15) is 21.5 Å². The van der Waals surface area contributed by atoms with Gasteiger partial charge in [-0.15, -0.1) is 0 Å². The third-order valence-electron chi connectivity index (χ3n) is 4.51. The average Bonchev–Trinajstić information content (AvgIpc) is 2.58. The van der Waals surface area contributed by atoms with Crippen LogP contribution in [0.4, 0.5) is 5.69 Å². The highest BCUT2D eigenvalue weighted by molar-refractivity contribution is 5.86. The van der Waals surface area contributed by atoms with E-state index in [1.165, 1.54) is 11.1 Å². The Balaban J connectivity index is 1.55. The van der Waals surface area contributed by atoms with Crippen molar-refractivity contribution in [1.82, 2.24) is 0 Å². The molecule has 4 nitrogen and oxygen atoms in total. The van der Waals surface area contributed by atoms with Crippen LogP contribution in [0.25, 0.3) is 0 Å². The number of carboxylic acids is 1. The quantitative estimate of drug-likeness (QED) is 0.881. The number of nitrogens with one attached hydrogen (secondary N) is 1. The first-order valence-electron chi connectivity index (χ1n) is 8.07. The van der Waals surface area contributed by atoms with Crippen LogP contribution in [0.15, 0.2) is 48.5 Å². The number of hydrogen-bond donors (Lipinski definition) is 1. The van der Waals surface area contributed by atoms with Crippen LogP contribution in [0.2, 0.25) is 0 Å². The van der Waals surface area contributed by atoms with Gasteiger partial charge >= 0.3 is 0 Å². The zero-order valence-corrected chi connectivity index (χ0v) is 13.4. The van der Waals surface area contributed by atoms with Gasteiger partial charge in [0.05, 0.1) is 32.1 Å². The Kier molecular flexibility index (Phi) is 4.63. The highest BCUT2D eigenvalue weighted by Crippen LogP contribution is 2.15. The normalized spacial score (nSPS) is 15.6. The highest BCUT2D eigenvalue weighted by atomic mass is 16.4. The molecule has 0 aromatic heterocycles. The number of carboxylic acid groups (broad SMARTS) is 1. The Bertz CT molecular complexity index is 657. The van der Waals surface area contributed by atoms with Crippen molar-refractivity contribution in [3.63, 3.8) is 0 Å². The number of carbonyl (C=O) groups excluding carboxylic acids is 1. The molecule has 0 aliphatic carbocycles. The van der Waals surface area contributed by atoms with Crippen LogP contribution in [-0.4, -0.2) is 32.1 Å². The average molecular weight is 310 g/mol. The topological polar surface area (TPSA) is 47.8 Å².